The molecular formula is C17H28N2O2. The Morgan fingerprint density at radius 1 is 1.10 bits per heavy atom. The normalized spacial score (nSPS) is 19.5. The Hall–Kier alpha value is -1.10. The molecule has 4 nitrogen and oxygen atoms in total. The van der Waals surface area contributed by atoms with Gasteiger partial charge in [-0.05, 0) is 44.4 Å². The summed E-state index contributed by atoms with van der Waals surface area (Å²) in [5.74, 6) is 6.74. The van der Waals surface area contributed by atoms with E-state index in [2.05, 4.69) is 17.6 Å². The van der Waals surface area contributed by atoms with Crippen LogP contribution in [0.4, 0.5) is 0 Å². The van der Waals surface area contributed by atoms with Crippen molar-refractivity contribution in [3.8, 4) is 5.75 Å². The topological polar surface area (TPSA) is 56.5 Å². The van der Waals surface area contributed by atoms with Gasteiger partial charge >= 0.3 is 0 Å². The molecule has 4 heteroatoms. The minimum absolute atomic E-state index is 0.0101. The Balaban J connectivity index is 2.19. The standard InChI is InChI=1S/C17H28N2O2/c1-13(2)21-15-9-7-14(8-10-15)16(19-18)17(20-3)11-5-4-6-12-17/h7-10,13,16,19H,4-6,11-12,18H2,1-3H3. The molecular weight excluding hydrogens is 264 g/mol. The van der Waals surface area contributed by atoms with Crippen molar-refractivity contribution in [2.45, 2.75) is 63.7 Å². The van der Waals surface area contributed by atoms with Crippen LogP contribution in [0, 0.1) is 0 Å². The molecule has 1 unspecified atom stereocenters. The molecule has 1 aromatic carbocycles. The average molecular weight is 292 g/mol. The number of hydrogen-bond donors (Lipinski definition) is 2. The zero-order valence-electron chi connectivity index (χ0n) is 13.4. The van der Waals surface area contributed by atoms with E-state index < -0.39 is 0 Å². The van der Waals surface area contributed by atoms with Crippen LogP contribution in [-0.4, -0.2) is 18.8 Å². The third-order valence-electron chi connectivity index (χ3n) is 4.38. The van der Waals surface area contributed by atoms with E-state index in [9.17, 15) is 0 Å². The SMILES string of the molecule is COC1(C(NN)c2ccc(OC(C)C)cc2)CCCCC1. The van der Waals surface area contributed by atoms with Gasteiger partial charge in [0, 0.05) is 7.11 Å². The predicted octanol–water partition coefficient (Wildman–Crippen LogP) is 3.33. The van der Waals surface area contributed by atoms with Crippen molar-refractivity contribution in [3.05, 3.63) is 29.8 Å². The molecule has 0 spiro atoms. The summed E-state index contributed by atoms with van der Waals surface area (Å²) < 4.78 is 11.6. The van der Waals surface area contributed by atoms with E-state index >= 15 is 0 Å². The predicted molar refractivity (Wildman–Crippen MR) is 85.1 cm³/mol. The number of hydrazine groups is 1. The van der Waals surface area contributed by atoms with Crippen LogP contribution in [0.1, 0.15) is 57.6 Å². The van der Waals surface area contributed by atoms with Crippen molar-refractivity contribution in [2.75, 3.05) is 7.11 Å². The lowest BCUT2D eigenvalue weighted by Crippen LogP contribution is -2.49. The largest absolute Gasteiger partial charge is 0.491 e. The molecule has 0 saturated heterocycles. The van der Waals surface area contributed by atoms with E-state index in [1.807, 2.05) is 26.0 Å². The lowest BCUT2D eigenvalue weighted by atomic mass is 9.77. The van der Waals surface area contributed by atoms with Crippen molar-refractivity contribution in [1.29, 1.82) is 0 Å². The molecule has 118 valence electrons. The molecule has 1 fully saturated rings. The van der Waals surface area contributed by atoms with Crippen LogP contribution in [0.15, 0.2) is 24.3 Å². The lowest BCUT2D eigenvalue weighted by Gasteiger charge is -2.42. The maximum Gasteiger partial charge on any atom is 0.119 e. The maximum atomic E-state index is 5.91. The molecule has 1 aliphatic rings. The second kappa shape index (κ2) is 7.25. The van der Waals surface area contributed by atoms with E-state index in [0.717, 1.165) is 24.2 Å². The van der Waals surface area contributed by atoms with Gasteiger partial charge in [-0.15, -0.1) is 0 Å². The average Bonchev–Trinajstić information content (AvgIpc) is 2.50. The van der Waals surface area contributed by atoms with E-state index in [1.165, 1.54) is 19.3 Å². The first-order valence-electron chi connectivity index (χ1n) is 7.89. The summed E-state index contributed by atoms with van der Waals surface area (Å²) >= 11 is 0. The minimum atomic E-state index is -0.201. The highest BCUT2D eigenvalue weighted by atomic mass is 16.5. The third kappa shape index (κ3) is 3.76. The molecule has 0 aromatic heterocycles. The molecule has 1 atom stereocenters. The summed E-state index contributed by atoms with van der Waals surface area (Å²) in [7, 11) is 1.80. The van der Waals surface area contributed by atoms with Crippen LogP contribution in [0.25, 0.3) is 0 Å². The summed E-state index contributed by atoms with van der Waals surface area (Å²) in [6.45, 7) is 4.06. The highest BCUT2D eigenvalue weighted by Gasteiger charge is 2.40. The van der Waals surface area contributed by atoms with Crippen molar-refractivity contribution in [2.24, 2.45) is 5.84 Å². The molecule has 0 heterocycles. The van der Waals surface area contributed by atoms with Gasteiger partial charge in [-0.2, -0.15) is 0 Å². The summed E-state index contributed by atoms with van der Waals surface area (Å²) in [5, 5.41) is 0. The van der Waals surface area contributed by atoms with Crippen LogP contribution in [0.5, 0.6) is 5.75 Å². The molecule has 3 N–H and O–H groups in total. The van der Waals surface area contributed by atoms with Gasteiger partial charge in [0.05, 0.1) is 17.7 Å². The fourth-order valence-electron chi connectivity index (χ4n) is 3.32. The Morgan fingerprint density at radius 3 is 2.19 bits per heavy atom. The number of rotatable bonds is 6. The summed E-state index contributed by atoms with van der Waals surface area (Å²) in [4.78, 5) is 0. The summed E-state index contributed by atoms with van der Waals surface area (Å²) in [6, 6.07) is 8.18. The van der Waals surface area contributed by atoms with Gasteiger partial charge in [0.25, 0.3) is 0 Å². The smallest absolute Gasteiger partial charge is 0.119 e. The minimum Gasteiger partial charge on any atom is -0.491 e. The number of ether oxygens (including phenoxy) is 2. The third-order valence-corrected chi connectivity index (χ3v) is 4.38. The van der Waals surface area contributed by atoms with Gasteiger partial charge in [-0.25, -0.2) is 0 Å². The van der Waals surface area contributed by atoms with E-state index in [1.54, 1.807) is 7.11 Å². The van der Waals surface area contributed by atoms with Crippen molar-refractivity contribution >= 4 is 0 Å². The first-order chi connectivity index (χ1) is 10.1. The van der Waals surface area contributed by atoms with E-state index in [4.69, 9.17) is 15.3 Å². The lowest BCUT2D eigenvalue weighted by molar-refractivity contribution is -0.0688. The molecule has 0 radical (unpaired) electrons. The quantitative estimate of drug-likeness (QED) is 0.624. The Labute approximate surface area is 128 Å². The van der Waals surface area contributed by atoms with Gasteiger partial charge < -0.3 is 9.47 Å². The van der Waals surface area contributed by atoms with Gasteiger partial charge in [-0.3, -0.25) is 11.3 Å². The van der Waals surface area contributed by atoms with Crippen molar-refractivity contribution in [1.82, 2.24) is 5.43 Å². The molecule has 1 aliphatic carbocycles. The van der Waals surface area contributed by atoms with Crippen molar-refractivity contribution in [3.63, 3.8) is 0 Å². The van der Waals surface area contributed by atoms with E-state index in [-0.39, 0.29) is 17.7 Å². The molecule has 2 rings (SSSR count). The fourth-order valence-corrected chi connectivity index (χ4v) is 3.32. The van der Waals surface area contributed by atoms with Crippen LogP contribution in [0.2, 0.25) is 0 Å². The van der Waals surface area contributed by atoms with Gasteiger partial charge in [0.15, 0.2) is 0 Å². The zero-order chi connectivity index (χ0) is 15.3. The molecule has 0 aliphatic heterocycles. The van der Waals surface area contributed by atoms with Crippen LogP contribution >= 0.6 is 0 Å². The summed E-state index contributed by atoms with van der Waals surface area (Å²) in [6.07, 6.45) is 5.94. The number of methoxy groups -OCH3 is 1. The fraction of sp³-hybridized carbons (Fsp3) is 0.647. The molecule has 1 aromatic rings. The molecule has 21 heavy (non-hydrogen) atoms. The summed E-state index contributed by atoms with van der Waals surface area (Å²) in [5.41, 5.74) is 3.92. The first-order valence-corrected chi connectivity index (χ1v) is 7.89. The van der Waals surface area contributed by atoms with Gasteiger partial charge in [0.2, 0.25) is 0 Å². The maximum absolute atomic E-state index is 5.91. The Bertz CT molecular complexity index is 425. The second-order valence-electron chi connectivity index (χ2n) is 6.16. The highest BCUT2D eigenvalue weighted by Crippen LogP contribution is 2.41. The van der Waals surface area contributed by atoms with E-state index in [0.29, 0.717) is 0 Å². The van der Waals surface area contributed by atoms with Crippen molar-refractivity contribution < 1.29 is 9.47 Å². The number of nitrogens with two attached hydrogens (primary N) is 1. The van der Waals surface area contributed by atoms with Crippen LogP contribution in [0.3, 0.4) is 0 Å². The second-order valence-corrected chi connectivity index (χ2v) is 6.16. The van der Waals surface area contributed by atoms with Crippen LogP contribution < -0.4 is 16.0 Å². The first kappa shape index (κ1) is 16.3. The molecule has 1 saturated carbocycles. The number of benzene rings is 1. The monoisotopic (exact) mass is 292 g/mol. The molecule has 0 amide bonds. The van der Waals surface area contributed by atoms with Gasteiger partial charge in [0.1, 0.15) is 5.75 Å². The highest BCUT2D eigenvalue weighted by molar-refractivity contribution is 5.31. The Kier molecular flexibility index (Phi) is 5.62. The number of hydrogen-bond acceptors (Lipinski definition) is 4. The number of nitrogens with one attached hydrogen (secondary N) is 1. The molecule has 0 bridgehead atoms. The van der Waals surface area contributed by atoms with Gasteiger partial charge in [-0.1, -0.05) is 31.4 Å². The van der Waals surface area contributed by atoms with Crippen LogP contribution in [-0.2, 0) is 4.74 Å². The Morgan fingerprint density at radius 2 is 1.71 bits per heavy atom. The zero-order valence-corrected chi connectivity index (χ0v) is 13.4.